The van der Waals surface area contributed by atoms with Gasteiger partial charge in [-0.3, -0.25) is 4.99 Å². The molecule has 2 heterocycles. The van der Waals surface area contributed by atoms with Crippen LogP contribution in [0.15, 0.2) is 53.5 Å². The van der Waals surface area contributed by atoms with Gasteiger partial charge in [-0.05, 0) is 43.3 Å². The molecule has 0 saturated carbocycles. The van der Waals surface area contributed by atoms with Crippen LogP contribution in [-0.4, -0.2) is 15.8 Å². The van der Waals surface area contributed by atoms with Crippen LogP contribution in [-0.2, 0) is 0 Å². The van der Waals surface area contributed by atoms with Crippen LogP contribution in [0, 0.1) is 0 Å². The van der Waals surface area contributed by atoms with Gasteiger partial charge in [0.1, 0.15) is 0 Å². The predicted octanol–water partition coefficient (Wildman–Crippen LogP) is 5.89. The fourth-order valence-corrected chi connectivity index (χ4v) is 3.63. The molecule has 3 aromatic rings. The van der Waals surface area contributed by atoms with Crippen molar-refractivity contribution in [2.45, 2.75) is 6.92 Å². The summed E-state index contributed by atoms with van der Waals surface area (Å²) in [6, 6.07) is 15.3. The highest BCUT2D eigenvalue weighted by atomic mass is 35.5. The Morgan fingerprint density at radius 3 is 2.68 bits per heavy atom. The summed E-state index contributed by atoms with van der Waals surface area (Å²) in [6.45, 7) is 1.97. The molecule has 4 nitrogen and oxygen atoms in total. The zero-order valence-corrected chi connectivity index (χ0v) is 14.9. The molecule has 0 fully saturated rings. The van der Waals surface area contributed by atoms with Crippen molar-refractivity contribution in [3.8, 4) is 5.88 Å². The van der Waals surface area contributed by atoms with E-state index in [-0.39, 0.29) is 5.88 Å². The average Bonchev–Trinajstić information content (AvgIpc) is 3.10. The van der Waals surface area contributed by atoms with E-state index in [0.29, 0.717) is 15.0 Å². The van der Waals surface area contributed by atoms with E-state index in [9.17, 15) is 5.11 Å². The Bertz CT molecular complexity index is 1010. The fourth-order valence-electron chi connectivity index (χ4n) is 2.68. The number of rotatable bonds is 3. The number of aromatic nitrogens is 1. The van der Waals surface area contributed by atoms with Crippen molar-refractivity contribution in [2.24, 2.45) is 4.99 Å². The van der Waals surface area contributed by atoms with Crippen LogP contribution in [0.3, 0.4) is 0 Å². The topological polar surface area (TPSA) is 57.5 Å². The number of hydrogen-bond acceptors (Lipinski definition) is 5. The normalized spacial score (nSPS) is 14.5. The molecular formula is C19H14ClN3OS. The van der Waals surface area contributed by atoms with Gasteiger partial charge in [-0.15, -0.1) is 0 Å². The lowest BCUT2D eigenvalue weighted by molar-refractivity contribution is 0.457. The number of para-hydroxylation sites is 1. The van der Waals surface area contributed by atoms with Crippen LogP contribution < -0.4 is 5.32 Å². The van der Waals surface area contributed by atoms with Crippen molar-refractivity contribution in [1.29, 1.82) is 0 Å². The van der Waals surface area contributed by atoms with Crippen LogP contribution in [0.1, 0.15) is 17.4 Å². The molecule has 0 bridgehead atoms. The maximum absolute atomic E-state index is 10.2. The highest BCUT2D eigenvalue weighted by Gasteiger charge is 2.18. The molecule has 6 heteroatoms. The molecule has 0 radical (unpaired) electrons. The van der Waals surface area contributed by atoms with Crippen molar-refractivity contribution >= 4 is 56.8 Å². The Morgan fingerprint density at radius 1 is 1.12 bits per heavy atom. The van der Waals surface area contributed by atoms with Crippen molar-refractivity contribution in [1.82, 2.24) is 4.98 Å². The van der Waals surface area contributed by atoms with Crippen LogP contribution in [0.25, 0.3) is 11.6 Å². The van der Waals surface area contributed by atoms with Crippen LogP contribution in [0.4, 0.5) is 16.5 Å². The molecule has 2 N–H and O–H groups in total. The second-order valence-corrected chi connectivity index (χ2v) is 7.08. The summed E-state index contributed by atoms with van der Waals surface area (Å²) in [5, 5.41) is 14.7. The van der Waals surface area contributed by atoms with E-state index < -0.39 is 0 Å². The predicted molar refractivity (Wildman–Crippen MR) is 106 cm³/mol. The first kappa shape index (κ1) is 15.9. The first-order valence-corrected chi connectivity index (χ1v) is 8.89. The van der Waals surface area contributed by atoms with Crippen molar-refractivity contribution in [2.75, 3.05) is 5.32 Å². The third kappa shape index (κ3) is 3.16. The van der Waals surface area contributed by atoms with E-state index in [1.54, 1.807) is 12.1 Å². The summed E-state index contributed by atoms with van der Waals surface area (Å²) in [5.41, 5.74) is 4.82. The summed E-state index contributed by atoms with van der Waals surface area (Å²) in [4.78, 5) is 9.45. The van der Waals surface area contributed by atoms with Crippen molar-refractivity contribution in [3.05, 3.63) is 64.0 Å². The maximum atomic E-state index is 10.2. The molecule has 0 aliphatic carbocycles. The maximum Gasteiger partial charge on any atom is 0.231 e. The Labute approximate surface area is 154 Å². The fraction of sp³-hybridized carbons (Fsp3) is 0.0526. The Hall–Kier alpha value is -2.63. The summed E-state index contributed by atoms with van der Waals surface area (Å²) in [6.07, 6.45) is 1.94. The molecule has 1 aromatic heterocycles. The summed E-state index contributed by atoms with van der Waals surface area (Å²) in [7, 11) is 0. The summed E-state index contributed by atoms with van der Waals surface area (Å²) >= 11 is 7.28. The first-order chi connectivity index (χ1) is 12.1. The van der Waals surface area contributed by atoms with E-state index in [2.05, 4.69) is 15.3 Å². The standard InChI is InChI=1S/C19H14ClN3OS/c1-11-15(14-4-2-3-5-16(14)21-11)10-17-18(24)23-19(25-17)22-13-8-6-12(20)7-9-13/h2-10,24H,1H3,(H,22,23)/b15-10+. The molecule has 0 saturated heterocycles. The number of nitrogens with one attached hydrogen (secondary N) is 1. The largest absolute Gasteiger partial charge is 0.492 e. The Kier molecular flexibility index (Phi) is 4.03. The minimum Gasteiger partial charge on any atom is -0.492 e. The Morgan fingerprint density at radius 2 is 1.88 bits per heavy atom. The van der Waals surface area contributed by atoms with E-state index in [1.165, 1.54) is 11.3 Å². The average molecular weight is 368 g/mol. The number of allylic oxidation sites excluding steroid dienone is 1. The Balaban J connectivity index is 1.65. The van der Waals surface area contributed by atoms with Crippen molar-refractivity contribution < 1.29 is 5.11 Å². The zero-order chi connectivity index (χ0) is 17.4. The van der Waals surface area contributed by atoms with Gasteiger partial charge < -0.3 is 10.4 Å². The number of nitrogens with zero attached hydrogens (tertiary/aromatic N) is 2. The van der Waals surface area contributed by atoms with Gasteiger partial charge in [0.25, 0.3) is 0 Å². The third-order valence-electron chi connectivity index (χ3n) is 3.88. The first-order valence-electron chi connectivity index (χ1n) is 7.69. The zero-order valence-electron chi connectivity index (χ0n) is 13.3. The molecule has 1 aliphatic rings. The van der Waals surface area contributed by atoms with Crippen LogP contribution in [0.2, 0.25) is 5.02 Å². The number of halogens is 1. The molecule has 0 unspecified atom stereocenters. The molecule has 124 valence electrons. The second kappa shape index (κ2) is 6.35. The van der Waals surface area contributed by atoms with E-state index in [1.807, 2.05) is 49.4 Å². The summed E-state index contributed by atoms with van der Waals surface area (Å²) < 4.78 is 0. The van der Waals surface area contributed by atoms with Gasteiger partial charge in [0.15, 0.2) is 5.13 Å². The number of hydrogen-bond donors (Lipinski definition) is 2. The smallest absolute Gasteiger partial charge is 0.231 e. The lowest BCUT2D eigenvalue weighted by Crippen LogP contribution is -1.89. The molecular weight excluding hydrogens is 354 g/mol. The number of fused-ring (bicyclic) bond motifs is 1. The number of aromatic hydroxyl groups is 1. The summed E-state index contributed by atoms with van der Waals surface area (Å²) in [5.74, 6) is 0.00569. The molecule has 0 atom stereocenters. The minimum absolute atomic E-state index is 0.00569. The number of thiazole rings is 1. The van der Waals surface area contributed by atoms with Gasteiger partial charge in [0.2, 0.25) is 5.88 Å². The van der Waals surface area contributed by atoms with Gasteiger partial charge in [-0.2, -0.15) is 4.98 Å². The lowest BCUT2D eigenvalue weighted by atomic mass is 10.0. The molecule has 4 rings (SSSR count). The molecule has 0 spiro atoms. The minimum atomic E-state index is 0.00569. The molecule has 2 aromatic carbocycles. The second-order valence-electron chi connectivity index (χ2n) is 5.61. The van der Waals surface area contributed by atoms with Gasteiger partial charge in [0.05, 0.1) is 10.6 Å². The third-order valence-corrected chi connectivity index (χ3v) is 5.04. The van der Waals surface area contributed by atoms with E-state index in [4.69, 9.17) is 11.6 Å². The molecule has 25 heavy (non-hydrogen) atoms. The van der Waals surface area contributed by atoms with Crippen LogP contribution >= 0.6 is 22.9 Å². The highest BCUT2D eigenvalue weighted by molar-refractivity contribution is 7.16. The molecule has 0 amide bonds. The van der Waals surface area contributed by atoms with Gasteiger partial charge in [-0.25, -0.2) is 0 Å². The number of benzene rings is 2. The lowest BCUT2D eigenvalue weighted by Gasteiger charge is -2.01. The van der Waals surface area contributed by atoms with Gasteiger partial charge >= 0.3 is 0 Å². The van der Waals surface area contributed by atoms with Gasteiger partial charge in [-0.1, -0.05) is 41.1 Å². The van der Waals surface area contributed by atoms with Gasteiger partial charge in [0, 0.05) is 27.6 Å². The molecule has 1 aliphatic heterocycles. The highest BCUT2D eigenvalue weighted by Crippen LogP contribution is 2.39. The quantitative estimate of drug-likeness (QED) is 0.606. The number of aliphatic imine (C=N–C) groups is 1. The van der Waals surface area contributed by atoms with Crippen molar-refractivity contribution in [3.63, 3.8) is 0 Å². The van der Waals surface area contributed by atoms with E-state index in [0.717, 1.165) is 28.2 Å². The monoisotopic (exact) mass is 367 g/mol. The van der Waals surface area contributed by atoms with Crippen LogP contribution in [0.5, 0.6) is 5.88 Å². The number of anilines is 2. The van der Waals surface area contributed by atoms with E-state index >= 15 is 0 Å². The SMILES string of the molecule is CC1=Nc2ccccc2/C1=C/c1sc(Nc2ccc(Cl)cc2)nc1O.